The average Bonchev–Trinajstić information content (AvgIpc) is 1.68. The quantitative estimate of drug-likeness (QED) is 0.545. The number of ether oxygens (including phenoxy) is 1. The van der Waals surface area contributed by atoms with E-state index in [0.717, 1.165) is 0 Å². The van der Waals surface area contributed by atoms with Gasteiger partial charge in [-0.1, -0.05) is 11.6 Å². The summed E-state index contributed by atoms with van der Waals surface area (Å²) in [6, 6.07) is 0. The van der Waals surface area contributed by atoms with Gasteiger partial charge >= 0.3 is 0 Å². The molecule has 0 spiro atoms. The van der Waals surface area contributed by atoms with Crippen LogP contribution in [0.1, 0.15) is 6.92 Å². The van der Waals surface area contributed by atoms with E-state index in [9.17, 15) is 0 Å². The van der Waals surface area contributed by atoms with Gasteiger partial charge in [-0.05, 0) is 6.92 Å². The van der Waals surface area contributed by atoms with Crippen LogP contribution in [-0.2, 0) is 4.74 Å². The smallest absolute Gasteiger partial charge is 0.0670 e. The monoisotopic (exact) mass is 115 g/mol. The van der Waals surface area contributed by atoms with Gasteiger partial charge in [-0.3, -0.25) is 0 Å². The lowest BCUT2D eigenvalue weighted by atomic mass is 10.3. The van der Waals surface area contributed by atoms with E-state index in [1.165, 1.54) is 5.57 Å². The van der Waals surface area contributed by atoms with Gasteiger partial charge in [-0.25, -0.2) is 0 Å². The van der Waals surface area contributed by atoms with Gasteiger partial charge in [0.1, 0.15) is 0 Å². The molecule has 2 heteroatoms. The normalized spacial score (nSPS) is 12.1. The molecule has 0 aliphatic heterocycles. The van der Waals surface area contributed by atoms with Crippen molar-refractivity contribution in [1.82, 2.24) is 0 Å². The van der Waals surface area contributed by atoms with Crippen LogP contribution in [0.5, 0.6) is 0 Å². The Morgan fingerprint density at radius 2 is 2.38 bits per heavy atom. The van der Waals surface area contributed by atoms with Gasteiger partial charge in [0.2, 0.25) is 0 Å². The Hall–Kier alpha value is -0.340. The summed E-state index contributed by atoms with van der Waals surface area (Å²) in [5.41, 5.74) is 6.42. The topological polar surface area (TPSA) is 35.2 Å². The summed E-state index contributed by atoms with van der Waals surface area (Å²) in [5.74, 6) is 0. The Kier molecular flexibility index (Phi) is 4.61. The van der Waals surface area contributed by atoms with E-state index in [0.29, 0.717) is 13.2 Å². The Morgan fingerprint density at radius 1 is 1.75 bits per heavy atom. The Labute approximate surface area is 50.3 Å². The van der Waals surface area contributed by atoms with Gasteiger partial charge in [0.15, 0.2) is 0 Å². The van der Waals surface area contributed by atoms with E-state index in [-0.39, 0.29) is 0 Å². The third kappa shape index (κ3) is 3.84. The highest BCUT2D eigenvalue weighted by molar-refractivity contribution is 4.98. The van der Waals surface area contributed by atoms with Crippen molar-refractivity contribution in [3.05, 3.63) is 11.6 Å². The molecule has 0 unspecified atom stereocenters. The van der Waals surface area contributed by atoms with E-state index in [1.807, 2.05) is 13.0 Å². The number of hydrogen-bond donors (Lipinski definition) is 1. The molecule has 8 heavy (non-hydrogen) atoms. The minimum Gasteiger partial charge on any atom is -0.380 e. The van der Waals surface area contributed by atoms with Gasteiger partial charge in [0.25, 0.3) is 0 Å². The van der Waals surface area contributed by atoms with Crippen molar-refractivity contribution in [2.45, 2.75) is 6.92 Å². The second kappa shape index (κ2) is 4.81. The molecule has 0 aliphatic rings. The second-order valence-electron chi connectivity index (χ2n) is 1.72. The zero-order chi connectivity index (χ0) is 6.41. The Morgan fingerprint density at radius 3 is 2.75 bits per heavy atom. The van der Waals surface area contributed by atoms with Gasteiger partial charge in [-0.2, -0.15) is 0 Å². The van der Waals surface area contributed by atoms with E-state index in [2.05, 4.69) is 0 Å². The summed E-state index contributed by atoms with van der Waals surface area (Å²) in [7, 11) is 1.67. The van der Waals surface area contributed by atoms with Crippen LogP contribution >= 0.6 is 0 Å². The molecule has 0 saturated heterocycles. The van der Waals surface area contributed by atoms with Crippen LogP contribution in [0.3, 0.4) is 0 Å². The lowest BCUT2D eigenvalue weighted by Crippen LogP contribution is -1.97. The second-order valence-corrected chi connectivity index (χ2v) is 1.72. The van der Waals surface area contributed by atoms with Crippen LogP contribution in [0, 0.1) is 0 Å². The lowest BCUT2D eigenvalue weighted by molar-refractivity contribution is 0.225. The first-order valence-electron chi connectivity index (χ1n) is 2.66. The van der Waals surface area contributed by atoms with Crippen LogP contribution in [0.25, 0.3) is 0 Å². The molecular formula is C6H13NO. The largest absolute Gasteiger partial charge is 0.380 e. The highest BCUT2D eigenvalue weighted by Gasteiger charge is 1.82. The highest BCUT2D eigenvalue weighted by Crippen LogP contribution is 1.88. The van der Waals surface area contributed by atoms with E-state index >= 15 is 0 Å². The van der Waals surface area contributed by atoms with Gasteiger partial charge in [0.05, 0.1) is 6.61 Å². The summed E-state index contributed by atoms with van der Waals surface area (Å²) < 4.78 is 4.83. The first-order valence-corrected chi connectivity index (χ1v) is 2.66. The molecule has 2 nitrogen and oxygen atoms in total. The standard InChI is InChI=1S/C6H13NO/c1-6(3-4-7)5-8-2/h3H,4-5,7H2,1-2H3. The number of rotatable bonds is 3. The molecule has 0 bridgehead atoms. The Bertz CT molecular complexity index is 78.6. The summed E-state index contributed by atoms with van der Waals surface area (Å²) in [6.07, 6.45) is 1.95. The van der Waals surface area contributed by atoms with E-state index in [4.69, 9.17) is 10.5 Å². The summed E-state index contributed by atoms with van der Waals surface area (Å²) in [5, 5.41) is 0. The third-order valence-electron chi connectivity index (χ3n) is 0.838. The molecule has 0 amide bonds. The predicted octanol–water partition coefficient (Wildman–Crippen LogP) is 0.538. The molecule has 0 rings (SSSR count). The van der Waals surface area contributed by atoms with Crippen LogP contribution < -0.4 is 5.73 Å². The molecule has 0 aromatic rings. The molecule has 48 valence electrons. The zero-order valence-electron chi connectivity index (χ0n) is 5.48. The maximum Gasteiger partial charge on any atom is 0.0670 e. The van der Waals surface area contributed by atoms with Crippen molar-refractivity contribution in [3.8, 4) is 0 Å². The minimum absolute atomic E-state index is 0.606. The fourth-order valence-corrected chi connectivity index (χ4v) is 0.488. The van der Waals surface area contributed by atoms with Gasteiger partial charge in [0, 0.05) is 13.7 Å². The number of methoxy groups -OCH3 is 1. The van der Waals surface area contributed by atoms with Gasteiger partial charge < -0.3 is 10.5 Å². The van der Waals surface area contributed by atoms with Crippen molar-refractivity contribution in [2.75, 3.05) is 20.3 Å². The van der Waals surface area contributed by atoms with Crippen LogP contribution in [-0.4, -0.2) is 20.3 Å². The lowest BCUT2D eigenvalue weighted by Gasteiger charge is -1.95. The van der Waals surface area contributed by atoms with Crippen LogP contribution in [0.4, 0.5) is 0 Å². The fraction of sp³-hybridized carbons (Fsp3) is 0.667. The molecule has 0 heterocycles. The summed E-state index contributed by atoms with van der Waals surface area (Å²) in [4.78, 5) is 0. The number of hydrogen-bond acceptors (Lipinski definition) is 2. The molecule has 2 N–H and O–H groups in total. The molecule has 0 radical (unpaired) electrons. The van der Waals surface area contributed by atoms with Crippen molar-refractivity contribution < 1.29 is 4.74 Å². The summed E-state index contributed by atoms with van der Waals surface area (Å²) >= 11 is 0. The molecule has 0 aliphatic carbocycles. The van der Waals surface area contributed by atoms with Crippen LogP contribution in [0.15, 0.2) is 11.6 Å². The highest BCUT2D eigenvalue weighted by atomic mass is 16.5. The molecule has 0 saturated carbocycles. The first-order chi connectivity index (χ1) is 3.81. The minimum atomic E-state index is 0.606. The third-order valence-corrected chi connectivity index (χ3v) is 0.838. The van der Waals surface area contributed by atoms with Gasteiger partial charge in [-0.15, -0.1) is 0 Å². The van der Waals surface area contributed by atoms with Crippen LogP contribution in [0.2, 0.25) is 0 Å². The molecule has 0 atom stereocenters. The maximum absolute atomic E-state index is 5.23. The molecular weight excluding hydrogens is 102 g/mol. The van der Waals surface area contributed by atoms with Crippen molar-refractivity contribution in [1.29, 1.82) is 0 Å². The number of nitrogens with two attached hydrogens (primary N) is 1. The zero-order valence-corrected chi connectivity index (χ0v) is 5.48. The van der Waals surface area contributed by atoms with E-state index < -0.39 is 0 Å². The predicted molar refractivity (Wildman–Crippen MR) is 34.7 cm³/mol. The molecule has 0 aromatic carbocycles. The SMILES string of the molecule is COCC(C)=CCN. The average molecular weight is 115 g/mol. The molecule has 0 fully saturated rings. The molecule has 0 aromatic heterocycles. The van der Waals surface area contributed by atoms with Crippen molar-refractivity contribution in [2.24, 2.45) is 5.73 Å². The fourth-order valence-electron chi connectivity index (χ4n) is 0.488. The Balaban J connectivity index is 3.29. The van der Waals surface area contributed by atoms with Crippen molar-refractivity contribution >= 4 is 0 Å². The first kappa shape index (κ1) is 7.66. The van der Waals surface area contributed by atoms with E-state index in [1.54, 1.807) is 7.11 Å². The summed E-state index contributed by atoms with van der Waals surface area (Å²) in [6.45, 7) is 3.29. The van der Waals surface area contributed by atoms with Crippen molar-refractivity contribution in [3.63, 3.8) is 0 Å². The maximum atomic E-state index is 5.23.